The molecule has 0 saturated heterocycles. The summed E-state index contributed by atoms with van der Waals surface area (Å²) in [6, 6.07) is 18.3. The van der Waals surface area contributed by atoms with Crippen LogP contribution >= 0.6 is 0 Å². The van der Waals surface area contributed by atoms with Crippen LogP contribution in [0.15, 0.2) is 66.7 Å². The van der Waals surface area contributed by atoms with Gasteiger partial charge in [-0.05, 0) is 92.1 Å². The van der Waals surface area contributed by atoms with Gasteiger partial charge in [-0.2, -0.15) is 0 Å². The Morgan fingerprint density at radius 2 is 1.03 bits per heavy atom. The monoisotopic (exact) mass is 536 g/mol. The van der Waals surface area contributed by atoms with Crippen LogP contribution in [0.1, 0.15) is 53.0 Å². The van der Waals surface area contributed by atoms with Crippen LogP contribution < -0.4 is 18.9 Å². The number of hydrogen-bond donors (Lipinski definition) is 0. The summed E-state index contributed by atoms with van der Waals surface area (Å²) in [6.45, 7) is 9.18. The zero-order chi connectivity index (χ0) is 27.9. The summed E-state index contributed by atoms with van der Waals surface area (Å²) in [5, 5.41) is 0. The van der Waals surface area contributed by atoms with Gasteiger partial charge in [0.05, 0.1) is 24.3 Å². The fourth-order valence-electron chi connectivity index (χ4n) is 3.43. The Morgan fingerprint density at radius 3 is 1.49 bits per heavy atom. The summed E-state index contributed by atoms with van der Waals surface area (Å²) in [7, 11) is 0. The third kappa shape index (κ3) is 10.1. The highest BCUT2D eigenvalue weighted by Crippen LogP contribution is 2.25. The van der Waals surface area contributed by atoms with Gasteiger partial charge in [-0.3, -0.25) is 0 Å². The number of rotatable bonds is 16. The molecule has 0 aliphatic carbocycles. The largest absolute Gasteiger partial charge is 0.491 e. The zero-order valence-electron chi connectivity index (χ0n) is 22.8. The van der Waals surface area contributed by atoms with E-state index in [0.29, 0.717) is 79.3 Å². The molecule has 208 valence electrons. The molecule has 0 aliphatic heterocycles. The van der Waals surface area contributed by atoms with Crippen LogP contribution in [-0.4, -0.2) is 51.6 Å². The summed E-state index contributed by atoms with van der Waals surface area (Å²) in [6.07, 6.45) is 1.93. The van der Waals surface area contributed by atoms with Crippen molar-refractivity contribution in [1.29, 1.82) is 0 Å². The SMILES string of the molecule is CCCOCCOc1ccc(C(=O)Oc2ccc(OC(=O)c3ccc(OCCOCCC)cc3)c(C)c2)cc1. The van der Waals surface area contributed by atoms with E-state index in [9.17, 15) is 9.59 Å². The van der Waals surface area contributed by atoms with Gasteiger partial charge in [-0.25, -0.2) is 9.59 Å². The predicted molar refractivity (Wildman–Crippen MR) is 147 cm³/mol. The molecular formula is C31H36O8. The normalized spacial score (nSPS) is 10.6. The molecule has 0 radical (unpaired) electrons. The van der Waals surface area contributed by atoms with Gasteiger partial charge in [-0.15, -0.1) is 0 Å². The van der Waals surface area contributed by atoms with Crippen molar-refractivity contribution in [2.45, 2.75) is 33.6 Å². The van der Waals surface area contributed by atoms with Gasteiger partial charge in [-0.1, -0.05) is 13.8 Å². The smallest absolute Gasteiger partial charge is 0.343 e. The van der Waals surface area contributed by atoms with E-state index in [0.717, 1.165) is 12.8 Å². The predicted octanol–water partition coefficient (Wildman–Crippen LogP) is 6.04. The first kappa shape index (κ1) is 29.7. The molecule has 0 unspecified atom stereocenters. The van der Waals surface area contributed by atoms with Crippen LogP contribution in [0.2, 0.25) is 0 Å². The Hall–Kier alpha value is -3.88. The minimum Gasteiger partial charge on any atom is -0.491 e. The molecule has 3 aromatic carbocycles. The summed E-state index contributed by atoms with van der Waals surface area (Å²) in [4.78, 5) is 25.2. The summed E-state index contributed by atoms with van der Waals surface area (Å²) in [5.74, 6) is 1.00. The maximum atomic E-state index is 12.6. The van der Waals surface area contributed by atoms with Crippen LogP contribution in [0, 0.1) is 6.92 Å². The molecule has 0 amide bonds. The van der Waals surface area contributed by atoms with E-state index in [1.54, 1.807) is 73.7 Å². The molecule has 0 spiro atoms. The fourth-order valence-corrected chi connectivity index (χ4v) is 3.43. The van der Waals surface area contributed by atoms with Crippen LogP contribution in [-0.2, 0) is 9.47 Å². The second kappa shape index (κ2) is 16.2. The molecule has 3 aromatic rings. The molecule has 8 heteroatoms. The van der Waals surface area contributed by atoms with Gasteiger partial charge in [0.25, 0.3) is 0 Å². The van der Waals surface area contributed by atoms with Crippen molar-refractivity contribution in [2.24, 2.45) is 0 Å². The first-order chi connectivity index (χ1) is 19.0. The average molecular weight is 537 g/mol. The fraction of sp³-hybridized carbons (Fsp3) is 0.355. The molecular weight excluding hydrogens is 500 g/mol. The van der Waals surface area contributed by atoms with Gasteiger partial charge in [0.15, 0.2) is 0 Å². The minimum absolute atomic E-state index is 0.343. The van der Waals surface area contributed by atoms with E-state index in [1.165, 1.54) is 0 Å². The Bertz CT molecular complexity index is 1170. The quantitative estimate of drug-likeness (QED) is 0.124. The zero-order valence-corrected chi connectivity index (χ0v) is 22.8. The van der Waals surface area contributed by atoms with E-state index < -0.39 is 11.9 Å². The molecule has 0 atom stereocenters. The van der Waals surface area contributed by atoms with Gasteiger partial charge in [0.2, 0.25) is 0 Å². The molecule has 0 bridgehead atoms. The van der Waals surface area contributed by atoms with Crippen molar-refractivity contribution in [3.8, 4) is 23.0 Å². The Labute approximate surface area is 229 Å². The molecule has 8 nitrogen and oxygen atoms in total. The highest BCUT2D eigenvalue weighted by molar-refractivity contribution is 5.92. The number of esters is 2. The molecule has 39 heavy (non-hydrogen) atoms. The topological polar surface area (TPSA) is 89.5 Å². The number of carbonyl (C=O) groups excluding carboxylic acids is 2. The van der Waals surface area contributed by atoms with E-state index in [2.05, 4.69) is 0 Å². The third-order valence-corrected chi connectivity index (χ3v) is 5.43. The maximum Gasteiger partial charge on any atom is 0.343 e. The third-order valence-electron chi connectivity index (χ3n) is 5.43. The Kier molecular flexibility index (Phi) is 12.3. The lowest BCUT2D eigenvalue weighted by Gasteiger charge is -2.11. The molecule has 0 saturated carbocycles. The van der Waals surface area contributed by atoms with Gasteiger partial charge in [0, 0.05) is 13.2 Å². The number of aryl methyl sites for hydroxylation is 1. The highest BCUT2D eigenvalue weighted by atomic mass is 16.5. The lowest BCUT2D eigenvalue weighted by Crippen LogP contribution is -2.11. The van der Waals surface area contributed by atoms with Crippen molar-refractivity contribution >= 4 is 11.9 Å². The molecule has 0 N–H and O–H groups in total. The van der Waals surface area contributed by atoms with Crippen LogP contribution in [0.4, 0.5) is 0 Å². The van der Waals surface area contributed by atoms with Gasteiger partial charge < -0.3 is 28.4 Å². The standard InChI is InChI=1S/C31H36O8/c1-4-16-34-18-20-36-26-10-6-24(7-11-26)30(32)38-28-14-15-29(23(3)22-28)39-31(33)25-8-12-27(13-9-25)37-21-19-35-17-5-2/h6-15,22H,4-5,16-21H2,1-3H3. The van der Waals surface area contributed by atoms with E-state index >= 15 is 0 Å². The van der Waals surface area contributed by atoms with Gasteiger partial charge in [0.1, 0.15) is 36.2 Å². The molecule has 0 aliphatic rings. The van der Waals surface area contributed by atoms with Crippen molar-refractivity contribution in [3.63, 3.8) is 0 Å². The summed E-state index contributed by atoms with van der Waals surface area (Å²) >= 11 is 0. The average Bonchev–Trinajstić information content (AvgIpc) is 2.95. The van der Waals surface area contributed by atoms with E-state index in [-0.39, 0.29) is 0 Å². The number of carbonyl (C=O) groups is 2. The van der Waals surface area contributed by atoms with Crippen LogP contribution in [0.3, 0.4) is 0 Å². The van der Waals surface area contributed by atoms with E-state index in [1.807, 2.05) is 13.8 Å². The first-order valence-electron chi connectivity index (χ1n) is 13.2. The Morgan fingerprint density at radius 1 is 0.564 bits per heavy atom. The number of ether oxygens (including phenoxy) is 6. The lowest BCUT2D eigenvalue weighted by atomic mass is 10.2. The summed E-state index contributed by atoms with van der Waals surface area (Å²) < 4.78 is 33.0. The van der Waals surface area contributed by atoms with Crippen molar-refractivity contribution in [1.82, 2.24) is 0 Å². The first-order valence-corrected chi connectivity index (χ1v) is 13.2. The molecule has 0 fully saturated rings. The van der Waals surface area contributed by atoms with Crippen LogP contribution in [0.5, 0.6) is 23.0 Å². The summed E-state index contributed by atoms with van der Waals surface area (Å²) in [5.41, 5.74) is 1.42. The molecule has 0 heterocycles. The minimum atomic E-state index is -0.504. The lowest BCUT2D eigenvalue weighted by molar-refractivity contribution is 0.0718. The van der Waals surface area contributed by atoms with Crippen molar-refractivity contribution < 1.29 is 38.0 Å². The van der Waals surface area contributed by atoms with Crippen molar-refractivity contribution in [3.05, 3.63) is 83.4 Å². The second-order valence-corrected chi connectivity index (χ2v) is 8.68. The number of hydrogen-bond acceptors (Lipinski definition) is 8. The molecule has 3 rings (SSSR count). The van der Waals surface area contributed by atoms with E-state index in [4.69, 9.17) is 28.4 Å². The van der Waals surface area contributed by atoms with Crippen molar-refractivity contribution in [2.75, 3.05) is 39.6 Å². The highest BCUT2D eigenvalue weighted by Gasteiger charge is 2.14. The van der Waals surface area contributed by atoms with Gasteiger partial charge >= 0.3 is 11.9 Å². The molecule has 0 aromatic heterocycles. The van der Waals surface area contributed by atoms with Crippen LogP contribution in [0.25, 0.3) is 0 Å². The Balaban J connectivity index is 1.48. The second-order valence-electron chi connectivity index (χ2n) is 8.68. The maximum absolute atomic E-state index is 12.6. The number of benzene rings is 3.